The lowest BCUT2D eigenvalue weighted by Crippen LogP contribution is -2.39. The fourth-order valence-electron chi connectivity index (χ4n) is 4.57. The van der Waals surface area contributed by atoms with E-state index in [0.29, 0.717) is 5.92 Å². The van der Waals surface area contributed by atoms with Crippen molar-refractivity contribution < 1.29 is 4.79 Å². The van der Waals surface area contributed by atoms with E-state index in [-0.39, 0.29) is 5.91 Å². The highest BCUT2D eigenvalue weighted by atomic mass is 16.2. The lowest BCUT2D eigenvalue weighted by Gasteiger charge is -2.32. The molecule has 1 amide bonds. The molecule has 1 aliphatic rings. The highest BCUT2D eigenvalue weighted by Crippen LogP contribution is 2.28. The summed E-state index contributed by atoms with van der Waals surface area (Å²) in [7, 11) is 0. The number of likely N-dealkylation sites (tertiary alicyclic amines) is 1. The zero-order chi connectivity index (χ0) is 21.0. The lowest BCUT2D eigenvalue weighted by atomic mass is 9.90. The number of hydrogen-bond acceptors (Lipinski definition) is 2. The predicted octanol–water partition coefficient (Wildman–Crippen LogP) is 6.00. The number of aromatic nitrogens is 1. The zero-order valence-corrected chi connectivity index (χ0v) is 17.6. The number of nitrogens with zero attached hydrogens (tertiary/aromatic N) is 2. The molecule has 0 unspecified atom stereocenters. The van der Waals surface area contributed by atoms with E-state index in [2.05, 4.69) is 30.3 Å². The predicted molar refractivity (Wildman–Crippen MR) is 126 cm³/mol. The van der Waals surface area contributed by atoms with E-state index in [0.717, 1.165) is 60.1 Å². The first-order valence-electron chi connectivity index (χ1n) is 11.1. The average Bonchev–Trinajstić information content (AvgIpc) is 2.84. The third kappa shape index (κ3) is 4.22. The minimum absolute atomic E-state index is 0.119. The van der Waals surface area contributed by atoms with Crippen LogP contribution >= 0.6 is 0 Å². The van der Waals surface area contributed by atoms with Crippen molar-refractivity contribution in [2.45, 2.75) is 19.3 Å². The number of benzene rings is 3. The van der Waals surface area contributed by atoms with Gasteiger partial charge in [0.2, 0.25) is 0 Å². The smallest absolute Gasteiger partial charge is 0.254 e. The Labute approximate surface area is 183 Å². The summed E-state index contributed by atoms with van der Waals surface area (Å²) in [6, 6.07) is 30.7. The summed E-state index contributed by atoms with van der Waals surface area (Å²) in [6.45, 7) is 1.63. The summed E-state index contributed by atoms with van der Waals surface area (Å²) >= 11 is 0. The summed E-state index contributed by atoms with van der Waals surface area (Å²) in [6.07, 6.45) is 3.20. The quantitative estimate of drug-likeness (QED) is 0.417. The van der Waals surface area contributed by atoms with E-state index in [1.807, 2.05) is 65.6 Å². The monoisotopic (exact) mass is 406 g/mol. The van der Waals surface area contributed by atoms with Crippen LogP contribution in [0.4, 0.5) is 0 Å². The van der Waals surface area contributed by atoms with Crippen LogP contribution in [0.25, 0.3) is 22.2 Å². The summed E-state index contributed by atoms with van der Waals surface area (Å²) in [4.78, 5) is 20.4. The van der Waals surface area contributed by atoms with Crippen molar-refractivity contribution in [3.63, 3.8) is 0 Å². The Morgan fingerprint density at radius 2 is 1.48 bits per heavy atom. The van der Waals surface area contributed by atoms with E-state index in [1.165, 1.54) is 5.56 Å². The zero-order valence-electron chi connectivity index (χ0n) is 17.6. The third-order valence-corrected chi connectivity index (χ3v) is 6.29. The SMILES string of the molecule is O=C(c1cc(-c2ccccc2)nc2ccccc12)N1CCC(Cc2ccccc2)CC1. The molecule has 5 rings (SSSR count). The second kappa shape index (κ2) is 8.73. The number of rotatable bonds is 4. The van der Waals surface area contributed by atoms with Gasteiger partial charge in [0.25, 0.3) is 5.91 Å². The van der Waals surface area contributed by atoms with Crippen molar-refractivity contribution in [1.82, 2.24) is 9.88 Å². The Hall–Kier alpha value is -3.46. The fourth-order valence-corrected chi connectivity index (χ4v) is 4.57. The van der Waals surface area contributed by atoms with Crippen LogP contribution in [-0.4, -0.2) is 28.9 Å². The second-order valence-corrected chi connectivity index (χ2v) is 8.36. The van der Waals surface area contributed by atoms with Crippen molar-refractivity contribution in [2.75, 3.05) is 13.1 Å². The standard InChI is InChI=1S/C28H26N2O/c31-28(30-17-15-22(16-18-30)19-21-9-3-1-4-10-21)25-20-27(23-11-5-2-6-12-23)29-26-14-8-7-13-24(25)26/h1-14,20,22H,15-19H2. The fraction of sp³-hybridized carbons (Fsp3) is 0.214. The highest BCUT2D eigenvalue weighted by molar-refractivity contribution is 6.07. The number of carbonyl (C=O) groups is 1. The number of fused-ring (bicyclic) bond motifs is 1. The molecule has 3 aromatic carbocycles. The summed E-state index contributed by atoms with van der Waals surface area (Å²) in [5.74, 6) is 0.759. The Kier molecular flexibility index (Phi) is 5.49. The maximum absolute atomic E-state index is 13.6. The van der Waals surface area contributed by atoms with Crippen LogP contribution in [0, 0.1) is 5.92 Å². The molecule has 0 aliphatic carbocycles. The summed E-state index contributed by atoms with van der Waals surface area (Å²) in [5, 5.41) is 0.929. The van der Waals surface area contributed by atoms with Crippen LogP contribution in [0.5, 0.6) is 0 Å². The van der Waals surface area contributed by atoms with Crippen LogP contribution < -0.4 is 0 Å². The van der Waals surface area contributed by atoms with Crippen LogP contribution in [-0.2, 0) is 6.42 Å². The van der Waals surface area contributed by atoms with E-state index >= 15 is 0 Å². The molecule has 1 saturated heterocycles. The van der Waals surface area contributed by atoms with Gasteiger partial charge in [-0.05, 0) is 42.9 Å². The second-order valence-electron chi connectivity index (χ2n) is 8.36. The molecule has 0 bridgehead atoms. The van der Waals surface area contributed by atoms with Crippen LogP contribution in [0.15, 0.2) is 91.0 Å². The van der Waals surface area contributed by atoms with Gasteiger partial charge in [-0.3, -0.25) is 4.79 Å². The topological polar surface area (TPSA) is 33.2 Å². The molecule has 154 valence electrons. The number of amides is 1. The van der Waals surface area contributed by atoms with Crippen molar-refractivity contribution in [1.29, 1.82) is 0 Å². The van der Waals surface area contributed by atoms with Gasteiger partial charge >= 0.3 is 0 Å². The Morgan fingerprint density at radius 1 is 0.839 bits per heavy atom. The number of carbonyl (C=O) groups excluding carboxylic acids is 1. The van der Waals surface area contributed by atoms with Crippen molar-refractivity contribution in [3.8, 4) is 11.3 Å². The molecule has 2 heterocycles. The van der Waals surface area contributed by atoms with E-state index < -0.39 is 0 Å². The molecule has 31 heavy (non-hydrogen) atoms. The molecule has 1 fully saturated rings. The molecule has 0 atom stereocenters. The normalized spacial score (nSPS) is 14.6. The first-order valence-corrected chi connectivity index (χ1v) is 11.1. The molecule has 0 spiro atoms. The summed E-state index contributed by atoms with van der Waals surface area (Å²) < 4.78 is 0. The molecule has 3 nitrogen and oxygen atoms in total. The molecule has 0 saturated carbocycles. The molecular formula is C28H26N2O. The number of pyridine rings is 1. The maximum Gasteiger partial charge on any atom is 0.254 e. The molecule has 4 aromatic rings. The molecular weight excluding hydrogens is 380 g/mol. The van der Waals surface area contributed by atoms with Crippen LogP contribution in [0.1, 0.15) is 28.8 Å². The minimum atomic E-state index is 0.119. The first kappa shape index (κ1) is 19.5. The molecule has 0 N–H and O–H groups in total. The van der Waals surface area contributed by atoms with Gasteiger partial charge in [-0.2, -0.15) is 0 Å². The maximum atomic E-state index is 13.6. The van der Waals surface area contributed by atoms with Crippen LogP contribution in [0.2, 0.25) is 0 Å². The average molecular weight is 407 g/mol. The van der Waals surface area contributed by atoms with Gasteiger partial charge in [-0.25, -0.2) is 4.98 Å². The minimum Gasteiger partial charge on any atom is -0.339 e. The Bertz CT molecular complexity index is 1180. The van der Waals surface area contributed by atoms with Crippen LogP contribution in [0.3, 0.4) is 0 Å². The molecule has 0 radical (unpaired) electrons. The molecule has 1 aliphatic heterocycles. The van der Waals surface area contributed by atoms with Gasteiger partial charge in [-0.15, -0.1) is 0 Å². The van der Waals surface area contributed by atoms with Gasteiger partial charge in [0, 0.05) is 24.0 Å². The Balaban J connectivity index is 1.38. The van der Waals surface area contributed by atoms with Crippen molar-refractivity contribution >= 4 is 16.8 Å². The number of hydrogen-bond donors (Lipinski definition) is 0. The van der Waals surface area contributed by atoms with E-state index in [1.54, 1.807) is 0 Å². The van der Waals surface area contributed by atoms with Gasteiger partial charge in [-0.1, -0.05) is 78.9 Å². The van der Waals surface area contributed by atoms with Crippen molar-refractivity contribution in [3.05, 3.63) is 102 Å². The third-order valence-electron chi connectivity index (χ3n) is 6.29. The van der Waals surface area contributed by atoms with E-state index in [9.17, 15) is 4.79 Å². The van der Waals surface area contributed by atoms with Gasteiger partial charge in [0.15, 0.2) is 0 Å². The van der Waals surface area contributed by atoms with Gasteiger partial charge in [0.05, 0.1) is 16.8 Å². The highest BCUT2D eigenvalue weighted by Gasteiger charge is 2.25. The largest absolute Gasteiger partial charge is 0.339 e. The molecule has 3 heteroatoms. The first-order chi connectivity index (χ1) is 15.3. The van der Waals surface area contributed by atoms with Gasteiger partial charge < -0.3 is 4.90 Å². The summed E-state index contributed by atoms with van der Waals surface area (Å²) in [5.41, 5.74) is 4.89. The number of piperidine rings is 1. The van der Waals surface area contributed by atoms with Gasteiger partial charge in [0.1, 0.15) is 0 Å². The Morgan fingerprint density at radius 3 is 2.23 bits per heavy atom. The number of para-hydroxylation sites is 1. The molecule has 1 aromatic heterocycles. The van der Waals surface area contributed by atoms with Crippen molar-refractivity contribution in [2.24, 2.45) is 5.92 Å². The van der Waals surface area contributed by atoms with E-state index in [4.69, 9.17) is 4.98 Å². The lowest BCUT2D eigenvalue weighted by molar-refractivity contribution is 0.0692.